The van der Waals surface area contributed by atoms with Gasteiger partial charge in [0, 0.05) is 5.56 Å². The van der Waals surface area contributed by atoms with Crippen molar-refractivity contribution < 1.29 is 28.5 Å². The molecule has 0 saturated carbocycles. The summed E-state index contributed by atoms with van der Waals surface area (Å²) >= 11 is 0. The van der Waals surface area contributed by atoms with Crippen molar-refractivity contribution in [2.45, 2.75) is 19.6 Å². The van der Waals surface area contributed by atoms with Crippen LogP contribution in [0.2, 0.25) is 0 Å². The number of amides is 2. The second kappa shape index (κ2) is 10.4. The summed E-state index contributed by atoms with van der Waals surface area (Å²) in [6.07, 6.45) is -0.859. The lowest BCUT2D eigenvalue weighted by Crippen LogP contribution is -2.50. The van der Waals surface area contributed by atoms with E-state index in [4.69, 9.17) is 18.9 Å². The molecule has 1 heterocycles. The summed E-state index contributed by atoms with van der Waals surface area (Å²) in [5.41, 5.74) is 6.07. The van der Waals surface area contributed by atoms with Crippen molar-refractivity contribution in [1.82, 2.24) is 10.9 Å². The summed E-state index contributed by atoms with van der Waals surface area (Å²) < 4.78 is 22.3. The Bertz CT molecular complexity index is 1100. The first-order valence-corrected chi connectivity index (χ1v) is 10.6. The summed E-state index contributed by atoms with van der Waals surface area (Å²) in [5.74, 6) is 1.63. The molecule has 1 aliphatic rings. The van der Waals surface area contributed by atoms with Crippen molar-refractivity contribution >= 4 is 11.8 Å². The van der Waals surface area contributed by atoms with E-state index in [2.05, 4.69) is 10.9 Å². The Morgan fingerprint density at radius 1 is 0.879 bits per heavy atom. The summed E-state index contributed by atoms with van der Waals surface area (Å²) in [6, 6.07) is 21.4. The molecule has 1 aliphatic heterocycles. The molecule has 0 saturated heterocycles. The third kappa shape index (κ3) is 5.74. The molecule has 0 aromatic heterocycles. The van der Waals surface area contributed by atoms with Gasteiger partial charge in [-0.25, -0.2) is 0 Å². The van der Waals surface area contributed by atoms with E-state index < -0.39 is 17.9 Å². The molecule has 33 heavy (non-hydrogen) atoms. The van der Waals surface area contributed by atoms with Gasteiger partial charge in [0.2, 0.25) is 6.10 Å². The average Bonchev–Trinajstić information content (AvgIpc) is 2.87. The summed E-state index contributed by atoms with van der Waals surface area (Å²) in [7, 11) is 0. The molecule has 4 rings (SSSR count). The Balaban J connectivity index is 1.24. The third-order valence-corrected chi connectivity index (χ3v) is 4.86. The standard InChI is InChI=1S/C25H24N2O6/c1-2-30-19-11-13-20(14-12-19)31-15-17-7-9-18(10-8-17)24(28)26-27-25(29)23-16-32-21-5-3-4-6-22(21)33-23/h3-14,23H,2,15-16H2,1H3,(H,26,28)(H,27,29). The Morgan fingerprint density at radius 3 is 2.24 bits per heavy atom. The number of hydrogen-bond acceptors (Lipinski definition) is 6. The van der Waals surface area contributed by atoms with Crippen molar-refractivity contribution in [3.63, 3.8) is 0 Å². The molecule has 0 radical (unpaired) electrons. The van der Waals surface area contributed by atoms with Gasteiger partial charge in [-0.1, -0.05) is 24.3 Å². The number of carbonyl (C=O) groups excluding carboxylic acids is 2. The van der Waals surface area contributed by atoms with Crippen LogP contribution < -0.4 is 29.8 Å². The zero-order valence-electron chi connectivity index (χ0n) is 18.1. The fourth-order valence-corrected chi connectivity index (χ4v) is 3.14. The van der Waals surface area contributed by atoms with E-state index in [0.29, 0.717) is 30.3 Å². The molecule has 1 unspecified atom stereocenters. The Morgan fingerprint density at radius 2 is 1.55 bits per heavy atom. The predicted octanol–water partition coefficient (Wildman–Crippen LogP) is 3.27. The van der Waals surface area contributed by atoms with E-state index in [1.54, 1.807) is 42.5 Å². The maximum absolute atomic E-state index is 12.4. The fourth-order valence-electron chi connectivity index (χ4n) is 3.14. The number of carbonyl (C=O) groups is 2. The van der Waals surface area contributed by atoms with Gasteiger partial charge < -0.3 is 18.9 Å². The lowest BCUT2D eigenvalue weighted by atomic mass is 10.1. The number of rotatable bonds is 7. The highest BCUT2D eigenvalue weighted by Gasteiger charge is 2.27. The molecule has 0 bridgehead atoms. The van der Waals surface area contributed by atoms with Crippen LogP contribution in [-0.2, 0) is 11.4 Å². The van der Waals surface area contributed by atoms with Gasteiger partial charge in [-0.05, 0) is 61.0 Å². The van der Waals surface area contributed by atoms with Gasteiger partial charge in [-0.3, -0.25) is 20.4 Å². The monoisotopic (exact) mass is 448 g/mol. The van der Waals surface area contributed by atoms with Crippen LogP contribution in [0.1, 0.15) is 22.8 Å². The number of nitrogens with one attached hydrogen (secondary N) is 2. The zero-order chi connectivity index (χ0) is 23.0. The molecular weight excluding hydrogens is 424 g/mol. The summed E-state index contributed by atoms with van der Waals surface area (Å²) in [5, 5.41) is 0. The van der Waals surface area contributed by atoms with E-state index in [-0.39, 0.29) is 6.61 Å². The van der Waals surface area contributed by atoms with E-state index in [9.17, 15) is 9.59 Å². The largest absolute Gasteiger partial charge is 0.494 e. The SMILES string of the molecule is CCOc1ccc(OCc2ccc(C(=O)NNC(=O)C3COc4ccccc4O3)cc2)cc1. The van der Waals surface area contributed by atoms with Crippen molar-refractivity contribution in [3.8, 4) is 23.0 Å². The molecule has 2 amide bonds. The van der Waals surface area contributed by atoms with E-state index >= 15 is 0 Å². The molecule has 1 atom stereocenters. The lowest BCUT2D eigenvalue weighted by molar-refractivity contribution is -0.131. The molecule has 170 valence electrons. The fraction of sp³-hybridized carbons (Fsp3) is 0.200. The second-order valence-corrected chi connectivity index (χ2v) is 7.20. The topological polar surface area (TPSA) is 95.1 Å². The summed E-state index contributed by atoms with van der Waals surface area (Å²) in [6.45, 7) is 2.96. The van der Waals surface area contributed by atoms with Gasteiger partial charge in [0.05, 0.1) is 6.61 Å². The zero-order valence-corrected chi connectivity index (χ0v) is 18.1. The smallest absolute Gasteiger partial charge is 0.283 e. The maximum Gasteiger partial charge on any atom is 0.283 e. The molecule has 0 aliphatic carbocycles. The van der Waals surface area contributed by atoms with E-state index in [1.807, 2.05) is 37.3 Å². The minimum atomic E-state index is -0.859. The first kappa shape index (κ1) is 22.0. The van der Waals surface area contributed by atoms with Crippen LogP contribution in [0.3, 0.4) is 0 Å². The van der Waals surface area contributed by atoms with Crippen LogP contribution >= 0.6 is 0 Å². The quantitative estimate of drug-likeness (QED) is 0.539. The van der Waals surface area contributed by atoms with Crippen LogP contribution in [0.5, 0.6) is 23.0 Å². The van der Waals surface area contributed by atoms with Crippen LogP contribution in [0.4, 0.5) is 0 Å². The average molecular weight is 448 g/mol. The molecular formula is C25H24N2O6. The minimum Gasteiger partial charge on any atom is -0.494 e. The number of benzene rings is 3. The highest BCUT2D eigenvalue weighted by molar-refractivity contribution is 5.95. The predicted molar refractivity (Wildman–Crippen MR) is 120 cm³/mol. The third-order valence-electron chi connectivity index (χ3n) is 4.86. The number of hydrazine groups is 1. The first-order valence-electron chi connectivity index (χ1n) is 10.6. The van der Waals surface area contributed by atoms with Crippen LogP contribution in [-0.4, -0.2) is 31.1 Å². The lowest BCUT2D eigenvalue weighted by Gasteiger charge is -2.25. The molecule has 2 N–H and O–H groups in total. The van der Waals surface area contributed by atoms with E-state index in [0.717, 1.165) is 17.1 Å². The van der Waals surface area contributed by atoms with Crippen LogP contribution in [0.25, 0.3) is 0 Å². The number of hydrogen-bond donors (Lipinski definition) is 2. The van der Waals surface area contributed by atoms with Gasteiger partial charge >= 0.3 is 0 Å². The Kier molecular flexibility index (Phi) is 6.94. The highest BCUT2D eigenvalue weighted by atomic mass is 16.6. The van der Waals surface area contributed by atoms with Crippen molar-refractivity contribution in [3.05, 3.63) is 83.9 Å². The molecule has 8 heteroatoms. The maximum atomic E-state index is 12.4. The van der Waals surface area contributed by atoms with Gasteiger partial charge in [0.1, 0.15) is 24.7 Å². The van der Waals surface area contributed by atoms with Crippen LogP contribution in [0, 0.1) is 0 Å². The van der Waals surface area contributed by atoms with Crippen LogP contribution in [0.15, 0.2) is 72.8 Å². The number of fused-ring (bicyclic) bond motifs is 1. The molecule has 3 aromatic carbocycles. The first-order chi connectivity index (χ1) is 16.1. The molecule has 0 fully saturated rings. The number of ether oxygens (including phenoxy) is 4. The van der Waals surface area contributed by atoms with Gasteiger partial charge in [0.15, 0.2) is 11.5 Å². The minimum absolute atomic E-state index is 0.0573. The van der Waals surface area contributed by atoms with E-state index in [1.165, 1.54) is 0 Å². The Hall–Kier alpha value is -4.20. The normalized spacial score (nSPS) is 14.2. The summed E-state index contributed by atoms with van der Waals surface area (Å²) in [4.78, 5) is 24.7. The molecule has 0 spiro atoms. The molecule has 3 aromatic rings. The van der Waals surface area contributed by atoms with Crippen molar-refractivity contribution in [2.75, 3.05) is 13.2 Å². The van der Waals surface area contributed by atoms with Gasteiger partial charge in [0.25, 0.3) is 11.8 Å². The Labute approximate surface area is 191 Å². The van der Waals surface area contributed by atoms with Crippen molar-refractivity contribution in [1.29, 1.82) is 0 Å². The van der Waals surface area contributed by atoms with Gasteiger partial charge in [-0.2, -0.15) is 0 Å². The van der Waals surface area contributed by atoms with Crippen molar-refractivity contribution in [2.24, 2.45) is 0 Å². The number of para-hydroxylation sites is 2. The van der Waals surface area contributed by atoms with Gasteiger partial charge in [-0.15, -0.1) is 0 Å². The molecule has 8 nitrogen and oxygen atoms in total. The second-order valence-electron chi connectivity index (χ2n) is 7.20. The highest BCUT2D eigenvalue weighted by Crippen LogP contribution is 2.30.